The number of carbonyl (C=O) groups excluding carboxylic acids is 1. The normalized spacial score (nSPS) is 18.0. The molecule has 0 unspecified atom stereocenters. The number of aliphatic carboxylic acids is 1. The van der Waals surface area contributed by atoms with Gasteiger partial charge in [-0.2, -0.15) is 31.6 Å². The van der Waals surface area contributed by atoms with E-state index < -0.39 is 23.9 Å². The lowest BCUT2D eigenvalue weighted by Crippen LogP contribution is -2.50. The number of hydrogen-bond acceptors (Lipinski definition) is 4. The Kier molecular flexibility index (Phi) is 7.77. The highest BCUT2D eigenvalue weighted by molar-refractivity contribution is 5.79. The van der Waals surface area contributed by atoms with Crippen LogP contribution in [-0.2, 0) is 22.3 Å². The van der Waals surface area contributed by atoms with E-state index in [-0.39, 0.29) is 34.9 Å². The Balaban J connectivity index is 0.000000451. The predicted octanol–water partition coefficient (Wildman–Crippen LogP) is 3.61. The maximum atomic E-state index is 13.1. The standard InChI is InChI=1S/C18H20F3N3O.C2HF3O2/c19-18(20,21)15-7-12(10-22)1-2-13(15)11-24-16(25)14-8-17(9-14)3-5-23-6-4-17;3-2(4,5)1(6)7/h1-2,7,14,23H,3-6,8-9,11H2,(H,24,25);(H,6,7). The van der Waals surface area contributed by atoms with Gasteiger partial charge in [-0.05, 0) is 61.9 Å². The van der Waals surface area contributed by atoms with Crippen molar-refractivity contribution in [2.75, 3.05) is 13.1 Å². The molecule has 1 spiro atoms. The van der Waals surface area contributed by atoms with E-state index in [1.165, 1.54) is 12.1 Å². The Labute approximate surface area is 179 Å². The number of carboxylic acid groups (broad SMARTS) is 1. The second-order valence-electron chi connectivity index (χ2n) is 7.86. The molecule has 1 aliphatic carbocycles. The van der Waals surface area contributed by atoms with E-state index in [1.807, 2.05) is 0 Å². The zero-order valence-electron chi connectivity index (χ0n) is 16.7. The van der Waals surface area contributed by atoms with Crippen molar-refractivity contribution in [3.8, 4) is 6.07 Å². The van der Waals surface area contributed by atoms with Gasteiger partial charge < -0.3 is 15.7 Å². The molecule has 2 aliphatic rings. The van der Waals surface area contributed by atoms with Crippen molar-refractivity contribution in [3.05, 3.63) is 34.9 Å². The lowest BCUT2D eigenvalue weighted by Gasteiger charge is -2.49. The number of amides is 1. The van der Waals surface area contributed by atoms with Crippen molar-refractivity contribution in [3.63, 3.8) is 0 Å². The first kappa shape index (κ1) is 25.5. The van der Waals surface area contributed by atoms with E-state index in [4.69, 9.17) is 15.2 Å². The summed E-state index contributed by atoms with van der Waals surface area (Å²) in [5, 5.41) is 21.8. The molecule has 2 fully saturated rings. The number of nitrogens with zero attached hydrogens (tertiary/aromatic N) is 1. The lowest BCUT2D eigenvalue weighted by atomic mass is 9.57. The summed E-state index contributed by atoms with van der Waals surface area (Å²) in [6, 6.07) is 5.13. The van der Waals surface area contributed by atoms with Gasteiger partial charge in [-0.15, -0.1) is 0 Å². The highest BCUT2D eigenvalue weighted by atomic mass is 19.4. The number of nitrogens with one attached hydrogen (secondary N) is 2. The molecule has 32 heavy (non-hydrogen) atoms. The largest absolute Gasteiger partial charge is 0.490 e. The quantitative estimate of drug-likeness (QED) is 0.592. The first-order chi connectivity index (χ1) is 14.8. The number of halogens is 6. The van der Waals surface area contributed by atoms with Crippen LogP contribution in [0.15, 0.2) is 18.2 Å². The molecule has 0 atom stereocenters. The Morgan fingerprint density at radius 1 is 1.16 bits per heavy atom. The second-order valence-corrected chi connectivity index (χ2v) is 7.86. The molecule has 1 aromatic rings. The number of hydrogen-bond donors (Lipinski definition) is 3. The monoisotopic (exact) mass is 465 g/mol. The third-order valence-electron chi connectivity index (χ3n) is 5.63. The Hall–Kier alpha value is -2.81. The zero-order chi connectivity index (χ0) is 24.2. The third kappa shape index (κ3) is 6.59. The van der Waals surface area contributed by atoms with E-state index in [9.17, 15) is 31.1 Å². The van der Waals surface area contributed by atoms with Gasteiger partial charge in [-0.3, -0.25) is 4.79 Å². The van der Waals surface area contributed by atoms with Crippen LogP contribution in [0.2, 0.25) is 0 Å². The third-order valence-corrected chi connectivity index (χ3v) is 5.63. The maximum absolute atomic E-state index is 13.1. The van der Waals surface area contributed by atoms with Crippen LogP contribution in [0.4, 0.5) is 26.3 Å². The van der Waals surface area contributed by atoms with Crippen LogP contribution in [-0.4, -0.2) is 36.2 Å². The van der Waals surface area contributed by atoms with Crippen LogP contribution in [0.25, 0.3) is 0 Å². The molecule has 1 saturated carbocycles. The molecule has 0 bridgehead atoms. The fraction of sp³-hybridized carbons (Fsp3) is 0.550. The summed E-state index contributed by atoms with van der Waals surface area (Å²) in [6.07, 6.45) is -5.88. The van der Waals surface area contributed by atoms with E-state index in [0.29, 0.717) is 0 Å². The molecule has 1 saturated heterocycles. The average molecular weight is 465 g/mol. The van der Waals surface area contributed by atoms with Crippen molar-refractivity contribution >= 4 is 11.9 Å². The predicted molar refractivity (Wildman–Crippen MR) is 99.0 cm³/mol. The topological polar surface area (TPSA) is 102 Å². The molecule has 1 amide bonds. The summed E-state index contributed by atoms with van der Waals surface area (Å²) in [7, 11) is 0. The molecule has 0 aromatic heterocycles. The van der Waals surface area contributed by atoms with Crippen molar-refractivity contribution in [2.24, 2.45) is 11.3 Å². The molecule has 176 valence electrons. The molecular weight excluding hydrogens is 444 g/mol. The second kappa shape index (κ2) is 9.77. The van der Waals surface area contributed by atoms with Crippen molar-refractivity contribution in [1.29, 1.82) is 5.26 Å². The SMILES string of the molecule is N#Cc1ccc(CNC(=O)C2CC3(CCNCC3)C2)c(C(F)(F)F)c1.O=C(O)C(F)(F)F. The van der Waals surface area contributed by atoms with Crippen molar-refractivity contribution in [1.82, 2.24) is 10.6 Å². The van der Waals surface area contributed by atoms with Crippen molar-refractivity contribution in [2.45, 2.75) is 44.6 Å². The Bertz CT molecular complexity index is 878. The number of nitriles is 1. The van der Waals surface area contributed by atoms with Crippen LogP contribution >= 0.6 is 0 Å². The number of piperidine rings is 1. The van der Waals surface area contributed by atoms with Crippen LogP contribution in [0, 0.1) is 22.7 Å². The summed E-state index contributed by atoms with van der Waals surface area (Å²) in [5.74, 6) is -3.04. The summed E-state index contributed by atoms with van der Waals surface area (Å²) in [4.78, 5) is 21.1. The van der Waals surface area contributed by atoms with Crippen LogP contribution in [0.1, 0.15) is 42.4 Å². The number of rotatable bonds is 3. The molecule has 0 radical (unpaired) electrons. The first-order valence-corrected chi connectivity index (χ1v) is 9.66. The fourth-order valence-corrected chi connectivity index (χ4v) is 3.93. The summed E-state index contributed by atoms with van der Waals surface area (Å²) >= 11 is 0. The average Bonchev–Trinajstić information content (AvgIpc) is 2.69. The fourth-order valence-electron chi connectivity index (χ4n) is 3.93. The van der Waals surface area contributed by atoms with E-state index >= 15 is 0 Å². The number of carboxylic acids is 1. The molecule has 6 nitrogen and oxygen atoms in total. The number of alkyl halides is 6. The lowest BCUT2D eigenvalue weighted by molar-refractivity contribution is -0.192. The van der Waals surface area contributed by atoms with Gasteiger partial charge in [0.05, 0.1) is 17.2 Å². The molecule has 12 heteroatoms. The minimum absolute atomic E-state index is 0.0178. The first-order valence-electron chi connectivity index (χ1n) is 9.66. The summed E-state index contributed by atoms with van der Waals surface area (Å²) < 4.78 is 71.1. The van der Waals surface area contributed by atoms with Gasteiger partial charge in [-0.1, -0.05) is 6.07 Å². The minimum Gasteiger partial charge on any atom is -0.475 e. The van der Waals surface area contributed by atoms with E-state index in [0.717, 1.165) is 44.8 Å². The highest BCUT2D eigenvalue weighted by Gasteiger charge is 2.47. The number of benzene rings is 1. The van der Waals surface area contributed by atoms with Crippen molar-refractivity contribution < 1.29 is 41.0 Å². The van der Waals surface area contributed by atoms with Gasteiger partial charge in [0, 0.05) is 12.5 Å². The molecule has 1 heterocycles. The van der Waals surface area contributed by atoms with Gasteiger partial charge in [0.2, 0.25) is 5.91 Å². The Morgan fingerprint density at radius 2 is 1.72 bits per heavy atom. The summed E-state index contributed by atoms with van der Waals surface area (Å²) in [5.41, 5.74) is -0.681. The minimum atomic E-state index is -5.08. The molecule has 1 aromatic carbocycles. The van der Waals surface area contributed by atoms with Gasteiger partial charge in [0.25, 0.3) is 0 Å². The van der Waals surface area contributed by atoms with Crippen LogP contribution in [0.3, 0.4) is 0 Å². The highest BCUT2D eigenvalue weighted by Crippen LogP contribution is 2.51. The zero-order valence-corrected chi connectivity index (χ0v) is 16.7. The number of carbonyl (C=O) groups is 2. The molecule has 3 rings (SSSR count). The van der Waals surface area contributed by atoms with Crippen LogP contribution < -0.4 is 10.6 Å². The van der Waals surface area contributed by atoms with Gasteiger partial charge in [0.1, 0.15) is 0 Å². The summed E-state index contributed by atoms with van der Waals surface area (Å²) in [6.45, 7) is 1.76. The van der Waals surface area contributed by atoms with Gasteiger partial charge in [-0.25, -0.2) is 4.79 Å². The molecule has 3 N–H and O–H groups in total. The Morgan fingerprint density at radius 3 is 2.19 bits per heavy atom. The molecule has 1 aliphatic heterocycles. The van der Waals surface area contributed by atoms with E-state index in [2.05, 4.69) is 10.6 Å². The van der Waals surface area contributed by atoms with Crippen LogP contribution in [0.5, 0.6) is 0 Å². The maximum Gasteiger partial charge on any atom is 0.490 e. The molecular formula is C20H21F6N3O3. The van der Waals surface area contributed by atoms with E-state index in [1.54, 1.807) is 6.07 Å². The smallest absolute Gasteiger partial charge is 0.475 e. The van der Waals surface area contributed by atoms with Gasteiger partial charge in [0.15, 0.2) is 0 Å². The van der Waals surface area contributed by atoms with Gasteiger partial charge >= 0.3 is 18.3 Å².